The Morgan fingerprint density at radius 3 is 2.68 bits per heavy atom. The van der Waals surface area contributed by atoms with Gasteiger partial charge in [-0.25, -0.2) is 0 Å². The zero-order chi connectivity index (χ0) is 18.1. The minimum Gasteiger partial charge on any atom is -0.461 e. The van der Waals surface area contributed by atoms with Crippen LogP contribution in [-0.2, 0) is 20.9 Å². The number of Topliss-reactive ketones (excluding diaryl/α,β-unsaturated/α-hetero) is 1. The molecule has 132 valence electrons. The highest BCUT2D eigenvalue weighted by molar-refractivity contribution is 5.93. The number of ketones is 1. The number of carbonyl (C=O) groups is 2. The molecular weight excluding hydrogens is 318 g/mol. The number of hydrogen-bond donors (Lipinski definition) is 0. The molecule has 0 heterocycles. The van der Waals surface area contributed by atoms with Crippen molar-refractivity contribution in [3.63, 3.8) is 0 Å². The summed E-state index contributed by atoms with van der Waals surface area (Å²) in [5.41, 5.74) is 8.46. The molecule has 1 aromatic rings. The predicted molar refractivity (Wildman–Crippen MR) is 92.4 cm³/mol. The van der Waals surface area contributed by atoms with Crippen LogP contribution in [0, 0.1) is 17.3 Å². The Kier molecular flexibility index (Phi) is 4.56. The zero-order valence-electron chi connectivity index (χ0n) is 14.6. The largest absolute Gasteiger partial charge is 0.461 e. The van der Waals surface area contributed by atoms with Crippen LogP contribution in [0.4, 0.5) is 0 Å². The Balaban J connectivity index is 1.82. The van der Waals surface area contributed by atoms with Crippen LogP contribution in [0.2, 0.25) is 0 Å². The number of hydrogen-bond acceptors (Lipinski definition) is 4. The molecule has 6 heteroatoms. The summed E-state index contributed by atoms with van der Waals surface area (Å²) < 4.78 is 5.52. The Bertz CT molecular complexity index is 727. The van der Waals surface area contributed by atoms with Crippen LogP contribution in [0.1, 0.15) is 45.1 Å². The van der Waals surface area contributed by atoms with E-state index in [1.807, 2.05) is 44.2 Å². The molecule has 1 aromatic carbocycles. The number of ether oxygens (including phenoxy) is 1. The summed E-state index contributed by atoms with van der Waals surface area (Å²) >= 11 is 0. The van der Waals surface area contributed by atoms with E-state index in [0.29, 0.717) is 25.7 Å². The third-order valence-corrected chi connectivity index (χ3v) is 5.71. The maximum absolute atomic E-state index is 12.9. The van der Waals surface area contributed by atoms with Crippen molar-refractivity contribution in [2.45, 2.75) is 51.7 Å². The monoisotopic (exact) mass is 341 g/mol. The fourth-order valence-corrected chi connectivity index (χ4v) is 4.58. The van der Waals surface area contributed by atoms with Gasteiger partial charge >= 0.3 is 5.97 Å². The molecule has 2 fully saturated rings. The van der Waals surface area contributed by atoms with Gasteiger partial charge in [-0.15, -0.1) is 0 Å². The lowest BCUT2D eigenvalue weighted by molar-refractivity contribution is -0.158. The molecule has 2 aliphatic rings. The quantitative estimate of drug-likeness (QED) is 0.336. The van der Waals surface area contributed by atoms with E-state index in [9.17, 15) is 9.59 Å². The molecule has 0 radical (unpaired) electrons. The first-order valence-electron chi connectivity index (χ1n) is 8.74. The Hall–Kier alpha value is -2.33. The van der Waals surface area contributed by atoms with E-state index in [-0.39, 0.29) is 24.3 Å². The number of carbonyl (C=O) groups excluding carboxylic acids is 2. The number of esters is 1. The summed E-state index contributed by atoms with van der Waals surface area (Å²) in [7, 11) is 0. The highest BCUT2D eigenvalue weighted by Crippen LogP contribution is 2.63. The SMILES string of the molecule is CC(C)C(=O)C12CCC(N=[N+]=[N-])(CC1C(=O)OCc1ccccc1)C2. The number of nitrogens with zero attached hydrogens (tertiary/aromatic N) is 3. The van der Waals surface area contributed by atoms with Crippen LogP contribution in [0.15, 0.2) is 35.4 Å². The van der Waals surface area contributed by atoms with Crippen LogP contribution in [-0.4, -0.2) is 17.3 Å². The van der Waals surface area contributed by atoms with Gasteiger partial charge in [0, 0.05) is 16.2 Å². The molecule has 2 aliphatic carbocycles. The fraction of sp³-hybridized carbons (Fsp3) is 0.579. The van der Waals surface area contributed by atoms with Crippen LogP contribution >= 0.6 is 0 Å². The van der Waals surface area contributed by atoms with Gasteiger partial charge in [0.1, 0.15) is 12.4 Å². The molecule has 3 rings (SSSR count). The molecule has 2 saturated carbocycles. The Morgan fingerprint density at radius 1 is 1.32 bits per heavy atom. The normalized spacial score (nSPS) is 30.1. The van der Waals surface area contributed by atoms with Gasteiger partial charge in [0.15, 0.2) is 0 Å². The van der Waals surface area contributed by atoms with Crippen molar-refractivity contribution >= 4 is 11.8 Å². The molecule has 0 aliphatic heterocycles. The Morgan fingerprint density at radius 2 is 2.04 bits per heavy atom. The van der Waals surface area contributed by atoms with Crippen molar-refractivity contribution < 1.29 is 14.3 Å². The zero-order valence-corrected chi connectivity index (χ0v) is 14.6. The average Bonchev–Trinajstić information content (AvgIpc) is 3.14. The van der Waals surface area contributed by atoms with Crippen LogP contribution in [0.25, 0.3) is 10.4 Å². The predicted octanol–water partition coefficient (Wildman–Crippen LogP) is 4.19. The van der Waals surface area contributed by atoms with E-state index in [4.69, 9.17) is 10.3 Å². The molecule has 2 bridgehead atoms. The summed E-state index contributed by atoms with van der Waals surface area (Å²) in [6, 6.07) is 9.47. The molecule has 0 saturated heterocycles. The fourth-order valence-electron chi connectivity index (χ4n) is 4.58. The second-order valence-electron chi connectivity index (χ2n) is 7.62. The van der Waals surface area contributed by atoms with E-state index < -0.39 is 16.9 Å². The van der Waals surface area contributed by atoms with Gasteiger partial charge in [0.05, 0.1) is 11.5 Å². The molecular formula is C19H23N3O3. The second-order valence-corrected chi connectivity index (χ2v) is 7.62. The average molecular weight is 341 g/mol. The highest BCUT2D eigenvalue weighted by Gasteiger charge is 2.65. The third-order valence-electron chi connectivity index (χ3n) is 5.71. The molecule has 6 nitrogen and oxygen atoms in total. The number of rotatable bonds is 6. The maximum atomic E-state index is 12.9. The van der Waals surface area contributed by atoms with E-state index in [2.05, 4.69) is 10.0 Å². The summed E-state index contributed by atoms with van der Waals surface area (Å²) in [5.74, 6) is -0.955. The standard InChI is InChI=1S/C19H23N3O3/c1-13(2)16(23)19-9-8-18(12-19,21-22-20)10-15(19)17(24)25-11-14-6-4-3-5-7-14/h3-7,13,15H,8-12H2,1-2H3. The van der Waals surface area contributed by atoms with Gasteiger partial charge in [-0.05, 0) is 36.8 Å². The summed E-state index contributed by atoms with van der Waals surface area (Å²) in [5, 5.41) is 3.97. The first-order valence-corrected chi connectivity index (χ1v) is 8.74. The number of benzene rings is 1. The lowest BCUT2D eigenvalue weighted by atomic mass is 9.69. The van der Waals surface area contributed by atoms with Gasteiger partial charge < -0.3 is 4.74 Å². The van der Waals surface area contributed by atoms with Crippen molar-refractivity contribution in [3.8, 4) is 0 Å². The van der Waals surface area contributed by atoms with Gasteiger partial charge in [0.2, 0.25) is 0 Å². The first-order chi connectivity index (χ1) is 11.9. The molecule has 25 heavy (non-hydrogen) atoms. The lowest BCUT2D eigenvalue weighted by Crippen LogP contribution is -2.41. The van der Waals surface area contributed by atoms with Gasteiger partial charge in [-0.1, -0.05) is 49.3 Å². The number of azide groups is 1. The maximum Gasteiger partial charge on any atom is 0.310 e. The van der Waals surface area contributed by atoms with E-state index >= 15 is 0 Å². The summed E-state index contributed by atoms with van der Waals surface area (Å²) in [6.07, 6.45) is 2.13. The van der Waals surface area contributed by atoms with Gasteiger partial charge in [-0.3, -0.25) is 9.59 Å². The van der Waals surface area contributed by atoms with Crippen LogP contribution in [0.3, 0.4) is 0 Å². The molecule has 0 amide bonds. The summed E-state index contributed by atoms with van der Waals surface area (Å²) in [4.78, 5) is 28.7. The van der Waals surface area contributed by atoms with Gasteiger partial charge in [0.25, 0.3) is 0 Å². The van der Waals surface area contributed by atoms with Crippen molar-refractivity contribution in [3.05, 3.63) is 46.3 Å². The molecule has 0 N–H and O–H groups in total. The third kappa shape index (κ3) is 3.02. The Labute approximate surface area is 147 Å². The minimum absolute atomic E-state index is 0.0849. The van der Waals surface area contributed by atoms with Crippen LogP contribution < -0.4 is 0 Å². The number of fused-ring (bicyclic) bond motifs is 2. The van der Waals surface area contributed by atoms with Gasteiger partial charge in [-0.2, -0.15) is 0 Å². The van der Waals surface area contributed by atoms with Crippen molar-refractivity contribution in [1.82, 2.24) is 0 Å². The van der Waals surface area contributed by atoms with Crippen molar-refractivity contribution in [2.75, 3.05) is 0 Å². The molecule has 0 aromatic heterocycles. The van der Waals surface area contributed by atoms with E-state index in [1.54, 1.807) is 0 Å². The highest BCUT2D eigenvalue weighted by atomic mass is 16.5. The van der Waals surface area contributed by atoms with Crippen LogP contribution in [0.5, 0.6) is 0 Å². The summed E-state index contributed by atoms with van der Waals surface area (Å²) in [6.45, 7) is 3.90. The molecule has 3 atom stereocenters. The van der Waals surface area contributed by atoms with Crippen molar-refractivity contribution in [1.29, 1.82) is 0 Å². The molecule has 3 unspecified atom stereocenters. The van der Waals surface area contributed by atoms with E-state index in [0.717, 1.165) is 5.56 Å². The smallest absolute Gasteiger partial charge is 0.310 e. The topological polar surface area (TPSA) is 92.1 Å². The van der Waals surface area contributed by atoms with E-state index in [1.165, 1.54) is 0 Å². The second kappa shape index (κ2) is 6.52. The molecule has 0 spiro atoms. The van der Waals surface area contributed by atoms with Crippen molar-refractivity contribution in [2.24, 2.45) is 22.4 Å². The lowest BCUT2D eigenvalue weighted by Gasteiger charge is -2.34. The first kappa shape index (κ1) is 17.5. The minimum atomic E-state index is -0.740.